The molecular formula is C17H14Cl2N2O3. The van der Waals surface area contributed by atoms with E-state index in [0.717, 1.165) is 11.3 Å². The van der Waals surface area contributed by atoms with E-state index >= 15 is 0 Å². The highest BCUT2D eigenvalue weighted by Crippen LogP contribution is 2.26. The number of hydrogen-bond acceptors (Lipinski definition) is 4. The average molecular weight is 365 g/mol. The molecule has 0 saturated carbocycles. The number of nitrogens with one attached hydrogen (secondary N) is 2. The summed E-state index contributed by atoms with van der Waals surface area (Å²) in [5, 5.41) is 3.53. The molecule has 0 aliphatic carbocycles. The van der Waals surface area contributed by atoms with Crippen LogP contribution in [-0.4, -0.2) is 19.1 Å². The second-order valence-electron chi connectivity index (χ2n) is 5.07. The molecule has 0 bridgehead atoms. The van der Waals surface area contributed by atoms with Gasteiger partial charge in [0, 0.05) is 5.69 Å². The van der Waals surface area contributed by atoms with Gasteiger partial charge in [0.15, 0.2) is 6.10 Å². The third kappa shape index (κ3) is 3.64. The second-order valence-corrected chi connectivity index (χ2v) is 5.88. The second kappa shape index (κ2) is 7.13. The first-order chi connectivity index (χ1) is 11.6. The molecule has 1 aliphatic heterocycles. The molecule has 0 aromatic heterocycles. The van der Waals surface area contributed by atoms with Gasteiger partial charge in [0.05, 0.1) is 22.9 Å². The Kier molecular flexibility index (Phi) is 4.94. The van der Waals surface area contributed by atoms with Crippen LogP contribution in [0.2, 0.25) is 10.0 Å². The largest absolute Gasteiger partial charge is 0.497 e. The number of hydrogen-bond donors (Lipinski definition) is 2. The SMILES string of the molecule is COc1ccc(C2=C[C@@H](C(=O)Nc3ccc(Cl)c(Cl)c3)ON2)cc1. The Bertz CT molecular complexity index is 791. The van der Waals surface area contributed by atoms with Gasteiger partial charge in [0.25, 0.3) is 5.91 Å². The van der Waals surface area contributed by atoms with Gasteiger partial charge in [-0.15, -0.1) is 0 Å². The van der Waals surface area contributed by atoms with Crippen LogP contribution in [0.1, 0.15) is 5.56 Å². The number of halogens is 2. The van der Waals surface area contributed by atoms with Crippen molar-refractivity contribution in [3.63, 3.8) is 0 Å². The van der Waals surface area contributed by atoms with Crippen LogP contribution in [0.25, 0.3) is 5.70 Å². The minimum absolute atomic E-state index is 0.315. The Morgan fingerprint density at radius 2 is 1.92 bits per heavy atom. The van der Waals surface area contributed by atoms with Gasteiger partial charge in [-0.25, -0.2) is 0 Å². The fourth-order valence-electron chi connectivity index (χ4n) is 2.19. The highest BCUT2D eigenvalue weighted by Gasteiger charge is 2.24. The lowest BCUT2D eigenvalue weighted by atomic mass is 10.1. The van der Waals surface area contributed by atoms with Crippen LogP contribution < -0.4 is 15.5 Å². The quantitative estimate of drug-likeness (QED) is 0.863. The first-order valence-electron chi connectivity index (χ1n) is 7.10. The van der Waals surface area contributed by atoms with Crippen LogP contribution in [0.15, 0.2) is 48.5 Å². The van der Waals surface area contributed by atoms with Crippen LogP contribution in [0.3, 0.4) is 0 Å². The molecule has 0 spiro atoms. The van der Waals surface area contributed by atoms with E-state index < -0.39 is 6.10 Å². The zero-order valence-corrected chi connectivity index (χ0v) is 14.2. The van der Waals surface area contributed by atoms with E-state index in [4.69, 9.17) is 32.8 Å². The summed E-state index contributed by atoms with van der Waals surface area (Å²) in [5.41, 5.74) is 4.91. The molecule has 24 heavy (non-hydrogen) atoms. The zero-order valence-electron chi connectivity index (χ0n) is 12.7. The van der Waals surface area contributed by atoms with Gasteiger partial charge in [0.2, 0.25) is 0 Å². The normalized spacial score (nSPS) is 16.3. The zero-order chi connectivity index (χ0) is 17.1. The smallest absolute Gasteiger partial charge is 0.260 e. The van der Waals surface area contributed by atoms with E-state index in [1.54, 1.807) is 31.4 Å². The summed E-state index contributed by atoms with van der Waals surface area (Å²) in [7, 11) is 1.61. The fourth-order valence-corrected chi connectivity index (χ4v) is 2.49. The van der Waals surface area contributed by atoms with E-state index in [1.165, 1.54) is 0 Å². The van der Waals surface area contributed by atoms with E-state index in [0.29, 0.717) is 21.4 Å². The number of rotatable bonds is 4. The molecule has 1 heterocycles. The third-order valence-electron chi connectivity index (χ3n) is 3.46. The Balaban J connectivity index is 1.69. The number of ether oxygens (including phenoxy) is 1. The molecule has 7 heteroatoms. The molecule has 1 aliphatic rings. The lowest BCUT2D eigenvalue weighted by Crippen LogP contribution is -2.28. The van der Waals surface area contributed by atoms with Gasteiger partial charge in [-0.1, -0.05) is 23.2 Å². The van der Waals surface area contributed by atoms with Crippen LogP contribution in [0, 0.1) is 0 Å². The topological polar surface area (TPSA) is 59.6 Å². The molecule has 3 rings (SSSR count). The maximum absolute atomic E-state index is 12.3. The van der Waals surface area contributed by atoms with Crippen molar-refractivity contribution in [3.8, 4) is 5.75 Å². The van der Waals surface area contributed by atoms with E-state index in [-0.39, 0.29) is 5.91 Å². The number of carbonyl (C=O) groups excluding carboxylic acids is 1. The fraction of sp³-hybridized carbons (Fsp3) is 0.118. The van der Waals surface area contributed by atoms with Crippen molar-refractivity contribution in [3.05, 3.63) is 64.1 Å². The summed E-state index contributed by atoms with van der Waals surface area (Å²) in [4.78, 5) is 17.6. The van der Waals surface area contributed by atoms with Gasteiger partial charge in [0.1, 0.15) is 5.75 Å². The van der Waals surface area contributed by atoms with Crippen LogP contribution >= 0.6 is 23.2 Å². The highest BCUT2D eigenvalue weighted by atomic mass is 35.5. The third-order valence-corrected chi connectivity index (χ3v) is 4.20. The summed E-state index contributed by atoms with van der Waals surface area (Å²) >= 11 is 11.8. The molecule has 0 saturated heterocycles. The predicted molar refractivity (Wildman–Crippen MR) is 94.1 cm³/mol. The number of methoxy groups -OCH3 is 1. The Morgan fingerprint density at radius 1 is 1.17 bits per heavy atom. The number of carbonyl (C=O) groups is 1. The molecule has 1 atom stereocenters. The Morgan fingerprint density at radius 3 is 2.58 bits per heavy atom. The molecule has 1 amide bonds. The van der Waals surface area contributed by atoms with Crippen LogP contribution in [0.5, 0.6) is 5.75 Å². The molecule has 2 N–H and O–H groups in total. The molecule has 0 unspecified atom stereocenters. The summed E-state index contributed by atoms with van der Waals surface area (Å²) in [5.74, 6) is 0.441. The Hall–Kier alpha value is -2.21. The van der Waals surface area contributed by atoms with E-state index in [9.17, 15) is 4.79 Å². The lowest BCUT2D eigenvalue weighted by molar-refractivity contribution is -0.125. The van der Waals surface area contributed by atoms with Crippen molar-refractivity contribution in [1.29, 1.82) is 0 Å². The number of amides is 1. The molecule has 0 radical (unpaired) electrons. The van der Waals surface area contributed by atoms with Gasteiger partial charge >= 0.3 is 0 Å². The lowest BCUT2D eigenvalue weighted by Gasteiger charge is -2.09. The molecule has 124 valence electrons. The van der Waals surface area contributed by atoms with Crippen LogP contribution in [-0.2, 0) is 9.63 Å². The van der Waals surface area contributed by atoms with Crippen molar-refractivity contribution >= 4 is 40.5 Å². The van der Waals surface area contributed by atoms with E-state index in [1.807, 2.05) is 24.3 Å². The van der Waals surface area contributed by atoms with Crippen LogP contribution in [0.4, 0.5) is 5.69 Å². The first kappa shape index (κ1) is 16.6. The predicted octanol–water partition coefficient (Wildman–Crippen LogP) is 3.89. The van der Waals surface area contributed by atoms with Gasteiger partial charge in [-0.05, 0) is 54.1 Å². The highest BCUT2D eigenvalue weighted by molar-refractivity contribution is 6.42. The summed E-state index contributed by atoms with van der Waals surface area (Å²) in [6.07, 6.45) is 0.950. The van der Waals surface area contributed by atoms with Crippen molar-refractivity contribution < 1.29 is 14.4 Å². The molecule has 0 fully saturated rings. The Labute approximate surface area is 149 Å². The van der Waals surface area contributed by atoms with Crippen molar-refractivity contribution in [1.82, 2.24) is 5.48 Å². The number of hydroxylamine groups is 1. The van der Waals surface area contributed by atoms with Gasteiger partial charge in [-0.3, -0.25) is 15.1 Å². The molecule has 2 aromatic rings. The van der Waals surface area contributed by atoms with Gasteiger partial charge < -0.3 is 10.1 Å². The maximum Gasteiger partial charge on any atom is 0.260 e. The maximum atomic E-state index is 12.3. The monoisotopic (exact) mass is 364 g/mol. The number of benzene rings is 2. The molecular weight excluding hydrogens is 351 g/mol. The molecule has 2 aromatic carbocycles. The molecule has 5 nitrogen and oxygen atoms in total. The van der Waals surface area contributed by atoms with Crippen molar-refractivity contribution in [2.45, 2.75) is 6.10 Å². The summed E-state index contributed by atoms with van der Waals surface area (Å²) < 4.78 is 5.12. The standard InChI is InChI=1S/C17H14Cl2N2O3/c1-23-12-5-2-10(3-6-12)15-9-16(24-21-15)17(22)20-11-4-7-13(18)14(19)8-11/h2-9,16,21H,1H3,(H,20,22)/t16-/m0/s1. The van der Waals surface area contributed by atoms with E-state index in [2.05, 4.69) is 10.8 Å². The van der Waals surface area contributed by atoms with Gasteiger partial charge in [-0.2, -0.15) is 0 Å². The minimum Gasteiger partial charge on any atom is -0.497 e. The summed E-state index contributed by atoms with van der Waals surface area (Å²) in [6.45, 7) is 0. The number of anilines is 1. The minimum atomic E-state index is -0.753. The van der Waals surface area contributed by atoms with Crippen molar-refractivity contribution in [2.24, 2.45) is 0 Å². The van der Waals surface area contributed by atoms with Crippen molar-refractivity contribution in [2.75, 3.05) is 12.4 Å². The first-order valence-corrected chi connectivity index (χ1v) is 7.86. The summed E-state index contributed by atoms with van der Waals surface area (Å²) in [6, 6.07) is 12.3. The average Bonchev–Trinajstić information content (AvgIpc) is 3.08.